The quantitative estimate of drug-likeness (QED) is 0.773. The predicted molar refractivity (Wildman–Crippen MR) is 56.1 cm³/mol. The lowest BCUT2D eigenvalue weighted by Crippen LogP contribution is -2.35. The van der Waals surface area contributed by atoms with E-state index in [4.69, 9.17) is 0 Å². The van der Waals surface area contributed by atoms with Crippen LogP contribution in [-0.4, -0.2) is 18.5 Å². The van der Waals surface area contributed by atoms with Gasteiger partial charge in [-0.05, 0) is 37.6 Å². The first-order valence-electron chi connectivity index (χ1n) is 5.05. The molecule has 3 nitrogen and oxygen atoms in total. The maximum Gasteiger partial charge on any atom is 0.241 e. The van der Waals surface area contributed by atoms with Crippen LogP contribution in [0, 0.1) is 5.82 Å². The van der Waals surface area contributed by atoms with Gasteiger partial charge in [-0.25, -0.2) is 4.39 Å². The molecule has 1 aliphatic heterocycles. The molecule has 0 saturated carbocycles. The largest absolute Gasteiger partial charge is 0.325 e. The van der Waals surface area contributed by atoms with E-state index < -0.39 is 0 Å². The molecule has 1 amide bonds. The monoisotopic (exact) mass is 208 g/mol. The maximum absolute atomic E-state index is 12.8. The van der Waals surface area contributed by atoms with Gasteiger partial charge in [0.15, 0.2) is 0 Å². The van der Waals surface area contributed by atoms with E-state index in [0.29, 0.717) is 5.69 Å². The Morgan fingerprint density at radius 3 is 3.07 bits per heavy atom. The highest BCUT2D eigenvalue weighted by molar-refractivity contribution is 5.94. The molecule has 0 radical (unpaired) electrons. The van der Waals surface area contributed by atoms with Crippen molar-refractivity contribution in [2.75, 3.05) is 11.9 Å². The van der Waals surface area contributed by atoms with Gasteiger partial charge in [-0.1, -0.05) is 6.07 Å². The van der Waals surface area contributed by atoms with Crippen LogP contribution in [0.15, 0.2) is 24.3 Å². The van der Waals surface area contributed by atoms with Gasteiger partial charge in [0.25, 0.3) is 0 Å². The summed E-state index contributed by atoms with van der Waals surface area (Å²) in [6.07, 6.45) is 1.86. The number of benzene rings is 1. The van der Waals surface area contributed by atoms with E-state index in [1.807, 2.05) is 0 Å². The molecule has 2 rings (SSSR count). The molecule has 2 N–H and O–H groups in total. The van der Waals surface area contributed by atoms with Crippen molar-refractivity contribution in [2.45, 2.75) is 18.9 Å². The highest BCUT2D eigenvalue weighted by atomic mass is 19.1. The summed E-state index contributed by atoms with van der Waals surface area (Å²) in [6.45, 7) is 0.876. The van der Waals surface area contributed by atoms with E-state index in [2.05, 4.69) is 10.6 Å². The van der Waals surface area contributed by atoms with E-state index >= 15 is 0 Å². The molecule has 80 valence electrons. The molecule has 0 bridgehead atoms. The summed E-state index contributed by atoms with van der Waals surface area (Å²) in [7, 11) is 0. The Balaban J connectivity index is 1.99. The number of hydrogen-bond acceptors (Lipinski definition) is 2. The van der Waals surface area contributed by atoms with Crippen molar-refractivity contribution in [3.63, 3.8) is 0 Å². The first-order valence-corrected chi connectivity index (χ1v) is 5.05. The summed E-state index contributed by atoms with van der Waals surface area (Å²) in [5, 5.41) is 5.77. The molecule has 15 heavy (non-hydrogen) atoms. The average Bonchev–Trinajstić information content (AvgIpc) is 2.70. The van der Waals surface area contributed by atoms with Gasteiger partial charge in [-0.2, -0.15) is 0 Å². The lowest BCUT2D eigenvalue weighted by molar-refractivity contribution is -0.117. The molecule has 1 heterocycles. The molecule has 1 aromatic rings. The molecule has 0 aliphatic carbocycles. The second kappa shape index (κ2) is 4.40. The summed E-state index contributed by atoms with van der Waals surface area (Å²) in [5.41, 5.74) is 0.508. The highest BCUT2D eigenvalue weighted by Crippen LogP contribution is 2.12. The van der Waals surface area contributed by atoms with Crippen LogP contribution in [0.5, 0.6) is 0 Å². The molecular formula is C11H13FN2O. The summed E-state index contributed by atoms with van der Waals surface area (Å²) >= 11 is 0. The molecule has 1 atom stereocenters. The van der Waals surface area contributed by atoms with Crippen molar-refractivity contribution in [3.8, 4) is 0 Å². The van der Waals surface area contributed by atoms with E-state index in [1.54, 1.807) is 12.1 Å². The number of carbonyl (C=O) groups excluding carboxylic acids is 1. The second-order valence-electron chi connectivity index (χ2n) is 3.65. The zero-order valence-electron chi connectivity index (χ0n) is 8.29. The molecular weight excluding hydrogens is 195 g/mol. The van der Waals surface area contributed by atoms with Crippen LogP contribution in [0.2, 0.25) is 0 Å². The van der Waals surface area contributed by atoms with Gasteiger partial charge in [0, 0.05) is 5.69 Å². The van der Waals surface area contributed by atoms with Crippen molar-refractivity contribution in [1.29, 1.82) is 0 Å². The Kier molecular flexibility index (Phi) is 2.97. The third-order valence-electron chi connectivity index (χ3n) is 2.47. The Morgan fingerprint density at radius 1 is 1.53 bits per heavy atom. The molecule has 0 aromatic heterocycles. The first kappa shape index (κ1) is 10.1. The highest BCUT2D eigenvalue weighted by Gasteiger charge is 2.21. The van der Waals surface area contributed by atoms with Gasteiger partial charge in [0.1, 0.15) is 5.82 Å². The number of amides is 1. The third kappa shape index (κ3) is 2.53. The number of nitrogens with one attached hydrogen (secondary N) is 2. The molecule has 1 fully saturated rings. The zero-order valence-corrected chi connectivity index (χ0v) is 8.29. The number of hydrogen-bond donors (Lipinski definition) is 2. The van der Waals surface area contributed by atoms with Gasteiger partial charge < -0.3 is 10.6 Å². The average molecular weight is 208 g/mol. The summed E-state index contributed by atoms with van der Waals surface area (Å²) in [6, 6.07) is 5.78. The maximum atomic E-state index is 12.8. The van der Waals surface area contributed by atoms with Gasteiger partial charge >= 0.3 is 0 Å². The Hall–Kier alpha value is -1.42. The lowest BCUT2D eigenvalue weighted by Gasteiger charge is -2.10. The van der Waals surface area contributed by atoms with E-state index in [1.165, 1.54) is 12.1 Å². The van der Waals surface area contributed by atoms with E-state index in [-0.39, 0.29) is 17.8 Å². The number of halogens is 1. The first-order chi connectivity index (χ1) is 7.25. The SMILES string of the molecule is O=C(Nc1cccc(F)c1)[C@H]1CCCN1. The molecule has 1 saturated heterocycles. The van der Waals surface area contributed by atoms with Crippen LogP contribution >= 0.6 is 0 Å². The van der Waals surface area contributed by atoms with Crippen LogP contribution in [-0.2, 0) is 4.79 Å². The van der Waals surface area contributed by atoms with Crippen LogP contribution in [0.1, 0.15) is 12.8 Å². The van der Waals surface area contributed by atoms with Gasteiger partial charge in [-0.15, -0.1) is 0 Å². The Morgan fingerprint density at radius 2 is 2.40 bits per heavy atom. The number of anilines is 1. The summed E-state index contributed by atoms with van der Waals surface area (Å²) in [5.74, 6) is -0.426. The van der Waals surface area contributed by atoms with Crippen LogP contribution < -0.4 is 10.6 Å². The lowest BCUT2D eigenvalue weighted by atomic mass is 10.2. The minimum Gasteiger partial charge on any atom is -0.325 e. The van der Waals surface area contributed by atoms with E-state index in [9.17, 15) is 9.18 Å². The smallest absolute Gasteiger partial charge is 0.241 e. The molecule has 4 heteroatoms. The van der Waals surface area contributed by atoms with Crippen LogP contribution in [0.3, 0.4) is 0 Å². The van der Waals surface area contributed by atoms with Crippen molar-refractivity contribution in [3.05, 3.63) is 30.1 Å². The normalized spacial score (nSPS) is 20.2. The minimum absolute atomic E-state index is 0.0851. The fraction of sp³-hybridized carbons (Fsp3) is 0.364. The van der Waals surface area contributed by atoms with Crippen LogP contribution in [0.25, 0.3) is 0 Å². The van der Waals surface area contributed by atoms with Gasteiger partial charge in [0.2, 0.25) is 5.91 Å². The van der Waals surface area contributed by atoms with Crippen molar-refractivity contribution < 1.29 is 9.18 Å². The van der Waals surface area contributed by atoms with Crippen molar-refractivity contribution in [1.82, 2.24) is 5.32 Å². The Labute approximate surface area is 87.7 Å². The summed E-state index contributed by atoms with van der Waals surface area (Å²) < 4.78 is 12.8. The molecule has 1 aromatic carbocycles. The predicted octanol–water partition coefficient (Wildman–Crippen LogP) is 1.52. The summed E-state index contributed by atoms with van der Waals surface area (Å²) in [4.78, 5) is 11.6. The fourth-order valence-electron chi connectivity index (χ4n) is 1.70. The van der Waals surface area contributed by atoms with Gasteiger partial charge in [0.05, 0.1) is 6.04 Å². The molecule has 0 spiro atoms. The Bertz CT molecular complexity index is 361. The third-order valence-corrected chi connectivity index (χ3v) is 2.47. The topological polar surface area (TPSA) is 41.1 Å². The molecule has 1 aliphatic rings. The van der Waals surface area contributed by atoms with Crippen molar-refractivity contribution >= 4 is 11.6 Å². The van der Waals surface area contributed by atoms with E-state index in [0.717, 1.165) is 19.4 Å². The number of rotatable bonds is 2. The zero-order chi connectivity index (χ0) is 10.7. The minimum atomic E-state index is -0.341. The number of carbonyl (C=O) groups is 1. The molecule has 0 unspecified atom stereocenters. The van der Waals surface area contributed by atoms with Gasteiger partial charge in [-0.3, -0.25) is 4.79 Å². The second-order valence-corrected chi connectivity index (χ2v) is 3.65. The van der Waals surface area contributed by atoms with Crippen LogP contribution in [0.4, 0.5) is 10.1 Å². The standard InChI is InChI=1S/C11H13FN2O/c12-8-3-1-4-9(7-8)14-11(15)10-5-2-6-13-10/h1,3-4,7,10,13H,2,5-6H2,(H,14,15)/t10-/m1/s1. The fourth-order valence-corrected chi connectivity index (χ4v) is 1.70. The van der Waals surface area contributed by atoms with Crippen molar-refractivity contribution in [2.24, 2.45) is 0 Å².